The predicted molar refractivity (Wildman–Crippen MR) is 67.7 cm³/mol. The molecule has 1 nitrogen and oxygen atoms in total. The van der Waals surface area contributed by atoms with Gasteiger partial charge in [-0.1, -0.05) is 23.7 Å². The van der Waals surface area contributed by atoms with Crippen molar-refractivity contribution in [2.75, 3.05) is 12.4 Å². The summed E-state index contributed by atoms with van der Waals surface area (Å²) in [7, 11) is 0. The summed E-state index contributed by atoms with van der Waals surface area (Å²) >= 11 is 11.6. The lowest BCUT2D eigenvalue weighted by Gasteiger charge is -2.26. The summed E-state index contributed by atoms with van der Waals surface area (Å²) in [6.45, 7) is 5.56. The topological polar surface area (TPSA) is 3.24 Å². The summed E-state index contributed by atoms with van der Waals surface area (Å²) < 4.78 is 13.2. The normalized spacial score (nSPS) is 11.4. The van der Waals surface area contributed by atoms with Crippen molar-refractivity contribution in [3.05, 3.63) is 34.6 Å². The van der Waals surface area contributed by atoms with Crippen molar-refractivity contribution in [1.29, 1.82) is 0 Å². The zero-order chi connectivity index (χ0) is 12.1. The smallest absolute Gasteiger partial charge is 0.142 e. The van der Waals surface area contributed by atoms with Crippen LogP contribution < -0.4 is 0 Å². The largest absolute Gasteiger partial charge is 0.295 e. The molecule has 4 heteroatoms. The van der Waals surface area contributed by atoms with E-state index in [0.717, 1.165) is 12.1 Å². The Morgan fingerprint density at radius 1 is 1.38 bits per heavy atom. The Balaban J connectivity index is 2.81. The fraction of sp³-hybridized carbons (Fsp3) is 0.500. The maximum absolute atomic E-state index is 13.2. The van der Waals surface area contributed by atoms with Crippen LogP contribution in [0.25, 0.3) is 0 Å². The summed E-state index contributed by atoms with van der Waals surface area (Å²) in [6, 6.07) is 5.25. The van der Waals surface area contributed by atoms with Gasteiger partial charge >= 0.3 is 0 Å². The number of halogens is 3. The number of nitrogens with zero attached hydrogens (tertiary/aromatic N) is 1. The van der Waals surface area contributed by atoms with Gasteiger partial charge in [0.2, 0.25) is 0 Å². The first-order valence-electron chi connectivity index (χ1n) is 5.29. The highest BCUT2D eigenvalue weighted by Gasteiger charge is 2.13. The number of rotatable bonds is 5. The van der Waals surface area contributed by atoms with Gasteiger partial charge in [0.15, 0.2) is 0 Å². The maximum atomic E-state index is 13.2. The van der Waals surface area contributed by atoms with Crippen molar-refractivity contribution in [3.63, 3.8) is 0 Å². The average molecular weight is 264 g/mol. The van der Waals surface area contributed by atoms with Gasteiger partial charge in [0.25, 0.3) is 0 Å². The molecule has 0 heterocycles. The predicted octanol–water partition coefficient (Wildman–Crippen LogP) is 3.93. The molecule has 0 aliphatic carbocycles. The Morgan fingerprint density at radius 3 is 2.62 bits per heavy atom. The van der Waals surface area contributed by atoms with Crippen LogP contribution in [0.1, 0.15) is 19.4 Å². The number of alkyl halides is 1. The molecular formula is C12H16Cl2FN. The molecule has 16 heavy (non-hydrogen) atoms. The number of benzene rings is 1. The Hall–Kier alpha value is -0.310. The number of hydrogen-bond acceptors (Lipinski definition) is 1. The first kappa shape index (κ1) is 13.8. The Morgan fingerprint density at radius 2 is 2.06 bits per heavy atom. The summed E-state index contributed by atoms with van der Waals surface area (Å²) in [5.74, 6) is 0.194. The summed E-state index contributed by atoms with van der Waals surface area (Å²) in [4.78, 5) is 2.16. The lowest BCUT2D eigenvalue weighted by molar-refractivity contribution is 0.226. The average Bonchev–Trinajstić information content (AvgIpc) is 2.23. The summed E-state index contributed by atoms with van der Waals surface area (Å²) in [5.41, 5.74) is 0.806. The molecule has 0 amide bonds. The van der Waals surface area contributed by atoms with Gasteiger partial charge in [-0.25, -0.2) is 4.39 Å². The van der Waals surface area contributed by atoms with Gasteiger partial charge in [0, 0.05) is 25.0 Å². The second-order valence-electron chi connectivity index (χ2n) is 3.97. The van der Waals surface area contributed by atoms with Crippen LogP contribution in [0.4, 0.5) is 4.39 Å². The van der Waals surface area contributed by atoms with E-state index in [9.17, 15) is 4.39 Å². The molecular weight excluding hydrogens is 248 g/mol. The van der Waals surface area contributed by atoms with E-state index in [4.69, 9.17) is 23.2 Å². The van der Waals surface area contributed by atoms with E-state index in [0.29, 0.717) is 18.5 Å². The molecule has 1 aromatic carbocycles. The molecule has 0 bridgehead atoms. The van der Waals surface area contributed by atoms with E-state index in [1.54, 1.807) is 6.07 Å². The van der Waals surface area contributed by atoms with Crippen LogP contribution in [-0.2, 0) is 6.54 Å². The van der Waals surface area contributed by atoms with Crippen molar-refractivity contribution in [1.82, 2.24) is 4.90 Å². The third-order valence-corrected chi connectivity index (χ3v) is 3.10. The lowest BCUT2D eigenvalue weighted by Crippen LogP contribution is -2.32. The molecule has 0 aromatic heterocycles. The molecule has 0 unspecified atom stereocenters. The van der Waals surface area contributed by atoms with E-state index in [1.807, 2.05) is 6.07 Å². The minimum Gasteiger partial charge on any atom is -0.295 e. The van der Waals surface area contributed by atoms with Crippen LogP contribution >= 0.6 is 23.2 Å². The zero-order valence-corrected chi connectivity index (χ0v) is 11.0. The second-order valence-corrected chi connectivity index (χ2v) is 4.72. The molecule has 0 aliphatic rings. The highest BCUT2D eigenvalue weighted by molar-refractivity contribution is 6.31. The maximum Gasteiger partial charge on any atom is 0.142 e. The van der Waals surface area contributed by atoms with E-state index < -0.39 is 0 Å². The van der Waals surface area contributed by atoms with E-state index in [1.165, 1.54) is 6.07 Å². The van der Waals surface area contributed by atoms with Crippen LogP contribution in [-0.4, -0.2) is 23.4 Å². The molecule has 0 spiro atoms. The van der Waals surface area contributed by atoms with E-state index in [2.05, 4.69) is 18.7 Å². The van der Waals surface area contributed by atoms with Gasteiger partial charge in [-0.05, 0) is 25.5 Å². The quantitative estimate of drug-likeness (QED) is 0.728. The SMILES string of the molecule is CC(C)N(CCCl)Cc1cccc(F)c1Cl. The molecule has 1 aromatic rings. The van der Waals surface area contributed by atoms with Crippen LogP contribution in [0.3, 0.4) is 0 Å². The van der Waals surface area contributed by atoms with Crippen molar-refractivity contribution in [2.45, 2.75) is 26.4 Å². The fourth-order valence-electron chi connectivity index (χ4n) is 1.52. The van der Waals surface area contributed by atoms with Gasteiger partial charge in [-0.15, -0.1) is 11.6 Å². The van der Waals surface area contributed by atoms with Crippen molar-refractivity contribution in [2.24, 2.45) is 0 Å². The van der Waals surface area contributed by atoms with Gasteiger partial charge in [0.1, 0.15) is 5.82 Å². The molecule has 0 saturated heterocycles. The fourth-order valence-corrected chi connectivity index (χ4v) is 1.92. The van der Waals surface area contributed by atoms with Crippen molar-refractivity contribution in [3.8, 4) is 0 Å². The van der Waals surface area contributed by atoms with Crippen molar-refractivity contribution >= 4 is 23.2 Å². The standard InChI is InChI=1S/C12H16Cl2FN/c1-9(2)16(7-6-13)8-10-4-3-5-11(15)12(10)14/h3-5,9H,6-8H2,1-2H3. The molecule has 0 saturated carbocycles. The first-order valence-corrected chi connectivity index (χ1v) is 6.20. The van der Waals surface area contributed by atoms with Gasteiger partial charge in [-0.3, -0.25) is 4.90 Å². The van der Waals surface area contributed by atoms with Gasteiger partial charge in [-0.2, -0.15) is 0 Å². The van der Waals surface area contributed by atoms with Crippen LogP contribution in [0.5, 0.6) is 0 Å². The zero-order valence-electron chi connectivity index (χ0n) is 9.51. The third kappa shape index (κ3) is 3.62. The summed E-state index contributed by atoms with van der Waals surface area (Å²) in [6.07, 6.45) is 0. The monoisotopic (exact) mass is 263 g/mol. The lowest BCUT2D eigenvalue weighted by atomic mass is 10.2. The van der Waals surface area contributed by atoms with Crippen LogP contribution in [0.2, 0.25) is 5.02 Å². The van der Waals surface area contributed by atoms with E-state index in [-0.39, 0.29) is 10.8 Å². The van der Waals surface area contributed by atoms with Gasteiger partial charge in [0.05, 0.1) is 5.02 Å². The Kier molecular flexibility index (Phi) is 5.53. The Labute approximate surface area is 106 Å². The molecule has 0 aliphatic heterocycles. The highest BCUT2D eigenvalue weighted by atomic mass is 35.5. The molecule has 90 valence electrons. The first-order chi connectivity index (χ1) is 7.56. The van der Waals surface area contributed by atoms with Crippen molar-refractivity contribution < 1.29 is 4.39 Å². The molecule has 0 atom stereocenters. The molecule has 0 fully saturated rings. The minimum absolute atomic E-state index is 0.211. The highest BCUT2D eigenvalue weighted by Crippen LogP contribution is 2.21. The van der Waals surface area contributed by atoms with Crippen LogP contribution in [0.15, 0.2) is 18.2 Å². The number of hydrogen-bond donors (Lipinski definition) is 0. The summed E-state index contributed by atoms with van der Waals surface area (Å²) in [5, 5.41) is 0.211. The third-order valence-electron chi connectivity index (χ3n) is 2.51. The molecule has 0 N–H and O–H groups in total. The second kappa shape index (κ2) is 6.43. The minimum atomic E-state index is -0.367. The Bertz CT molecular complexity index is 342. The van der Waals surface area contributed by atoms with Crippen LogP contribution in [0, 0.1) is 5.82 Å². The van der Waals surface area contributed by atoms with E-state index >= 15 is 0 Å². The van der Waals surface area contributed by atoms with Gasteiger partial charge < -0.3 is 0 Å². The molecule has 0 radical (unpaired) electrons. The molecule has 1 rings (SSSR count).